The minimum atomic E-state index is -0.401. The molecule has 1 fully saturated rings. The average Bonchev–Trinajstić information content (AvgIpc) is 3.10. The summed E-state index contributed by atoms with van der Waals surface area (Å²) in [5, 5.41) is 1.10. The number of nitrogens with zero attached hydrogens (tertiary/aromatic N) is 1. The molecule has 3 aromatic rings. The molecule has 0 atom stereocenters. The molecular formula is C27H23BrN2O4S2. The van der Waals surface area contributed by atoms with Crippen LogP contribution in [0.25, 0.3) is 6.08 Å². The number of thiocarbonyl (C=S) groups is 1. The number of amides is 2. The summed E-state index contributed by atoms with van der Waals surface area (Å²) in [5.74, 6) is 0.285. The predicted molar refractivity (Wildman–Crippen MR) is 150 cm³/mol. The molecule has 4 rings (SSSR count). The third-order valence-corrected chi connectivity index (χ3v) is 7.30. The highest BCUT2D eigenvalue weighted by Gasteiger charge is 2.34. The van der Waals surface area contributed by atoms with Crippen molar-refractivity contribution >= 4 is 62.1 Å². The Balaban J connectivity index is 1.52. The van der Waals surface area contributed by atoms with E-state index < -0.39 is 11.8 Å². The molecule has 0 unspecified atom stereocenters. The molecule has 2 amide bonds. The second-order valence-electron chi connectivity index (χ2n) is 8.08. The van der Waals surface area contributed by atoms with Crippen molar-refractivity contribution in [1.29, 1.82) is 0 Å². The quantitative estimate of drug-likeness (QED) is 0.264. The van der Waals surface area contributed by atoms with Crippen LogP contribution in [0.2, 0.25) is 0 Å². The van der Waals surface area contributed by atoms with E-state index in [1.807, 2.05) is 50.2 Å². The SMILES string of the molecule is COc1cc(/C=C2/SC(=S)N(NC(=O)c3ccccc3C)C2=O)cc(Br)c1OCc1cccc(C)c1. The average molecular weight is 584 g/mol. The van der Waals surface area contributed by atoms with Crippen molar-refractivity contribution in [3.63, 3.8) is 0 Å². The summed E-state index contributed by atoms with van der Waals surface area (Å²) in [5.41, 5.74) is 6.82. The number of nitrogens with one attached hydrogen (secondary N) is 1. The molecule has 0 aromatic heterocycles. The molecular weight excluding hydrogens is 560 g/mol. The first-order valence-electron chi connectivity index (χ1n) is 11.0. The third-order valence-electron chi connectivity index (χ3n) is 5.41. The molecule has 1 heterocycles. The van der Waals surface area contributed by atoms with Crippen LogP contribution < -0.4 is 14.9 Å². The van der Waals surface area contributed by atoms with Gasteiger partial charge in [0.05, 0.1) is 16.5 Å². The molecule has 0 aliphatic carbocycles. The molecule has 6 nitrogen and oxygen atoms in total. The molecule has 0 bridgehead atoms. The van der Waals surface area contributed by atoms with E-state index in [4.69, 9.17) is 21.7 Å². The van der Waals surface area contributed by atoms with E-state index in [0.29, 0.717) is 38.6 Å². The zero-order chi connectivity index (χ0) is 25.8. The second-order valence-corrected chi connectivity index (χ2v) is 10.6. The number of halogens is 1. The Morgan fingerprint density at radius 2 is 1.92 bits per heavy atom. The van der Waals surface area contributed by atoms with Gasteiger partial charge in [0.25, 0.3) is 11.8 Å². The van der Waals surface area contributed by atoms with Gasteiger partial charge in [-0.05, 0) is 83.0 Å². The molecule has 0 saturated carbocycles. The van der Waals surface area contributed by atoms with Crippen molar-refractivity contribution in [2.75, 3.05) is 7.11 Å². The van der Waals surface area contributed by atoms with Crippen LogP contribution in [0.1, 0.15) is 32.6 Å². The van der Waals surface area contributed by atoms with Crippen LogP contribution in [0.4, 0.5) is 0 Å². The van der Waals surface area contributed by atoms with E-state index in [0.717, 1.165) is 33.5 Å². The normalized spacial score (nSPS) is 14.3. The Bertz CT molecular complexity index is 1390. The van der Waals surface area contributed by atoms with E-state index in [1.54, 1.807) is 31.4 Å². The van der Waals surface area contributed by atoms with Gasteiger partial charge in [0, 0.05) is 5.56 Å². The van der Waals surface area contributed by atoms with Crippen molar-refractivity contribution in [3.05, 3.63) is 97.9 Å². The van der Waals surface area contributed by atoms with Crippen LogP contribution >= 0.6 is 39.9 Å². The van der Waals surface area contributed by atoms with Gasteiger partial charge in [-0.15, -0.1) is 0 Å². The molecule has 36 heavy (non-hydrogen) atoms. The van der Waals surface area contributed by atoms with Crippen LogP contribution in [0.5, 0.6) is 11.5 Å². The van der Waals surface area contributed by atoms with Crippen molar-refractivity contribution in [3.8, 4) is 11.5 Å². The highest BCUT2D eigenvalue weighted by molar-refractivity contribution is 9.10. The van der Waals surface area contributed by atoms with Crippen LogP contribution in [0.15, 0.2) is 70.0 Å². The summed E-state index contributed by atoms with van der Waals surface area (Å²) in [7, 11) is 1.56. The molecule has 1 N–H and O–H groups in total. The number of carbonyl (C=O) groups excluding carboxylic acids is 2. The number of ether oxygens (including phenoxy) is 2. The Kier molecular flexibility index (Phi) is 8.13. The maximum Gasteiger partial charge on any atom is 0.285 e. The monoisotopic (exact) mass is 582 g/mol. The van der Waals surface area contributed by atoms with Crippen LogP contribution in [0, 0.1) is 13.8 Å². The number of rotatable bonds is 7. The molecule has 184 valence electrons. The van der Waals surface area contributed by atoms with Crippen LogP contribution in [-0.4, -0.2) is 28.3 Å². The summed E-state index contributed by atoms with van der Waals surface area (Å²) in [4.78, 5) is 26.1. The standard InChI is InChI=1S/C27H23BrN2O4S2/c1-16-7-6-9-18(11-16)15-34-24-21(28)12-19(13-22(24)33-3)14-23-26(32)30(27(35)36-23)29-25(31)20-10-5-4-8-17(20)2/h4-14H,15H2,1-3H3,(H,29,31)/b23-14+. The van der Waals surface area contributed by atoms with E-state index in [-0.39, 0.29) is 4.32 Å². The summed E-state index contributed by atoms with van der Waals surface area (Å²) in [6.07, 6.45) is 1.71. The number of hydrogen-bond acceptors (Lipinski definition) is 6. The van der Waals surface area contributed by atoms with Crippen LogP contribution in [0.3, 0.4) is 0 Å². The topological polar surface area (TPSA) is 67.9 Å². The summed E-state index contributed by atoms with van der Waals surface area (Å²) in [6.45, 7) is 4.25. The fraction of sp³-hybridized carbons (Fsp3) is 0.148. The lowest BCUT2D eigenvalue weighted by molar-refractivity contribution is -0.123. The van der Waals surface area contributed by atoms with Gasteiger partial charge in [-0.1, -0.05) is 59.8 Å². The lowest BCUT2D eigenvalue weighted by atomic mass is 10.1. The van der Waals surface area contributed by atoms with Gasteiger partial charge in [0.2, 0.25) is 0 Å². The Hall–Kier alpha value is -3.14. The highest BCUT2D eigenvalue weighted by Crippen LogP contribution is 2.39. The maximum atomic E-state index is 13.0. The molecule has 1 saturated heterocycles. The van der Waals surface area contributed by atoms with Crippen molar-refractivity contribution in [2.24, 2.45) is 0 Å². The number of thioether (sulfide) groups is 1. The highest BCUT2D eigenvalue weighted by atomic mass is 79.9. The predicted octanol–water partition coefficient (Wildman–Crippen LogP) is 6.20. The Labute approximate surface area is 227 Å². The number of hydrogen-bond donors (Lipinski definition) is 1. The Morgan fingerprint density at radius 3 is 2.64 bits per heavy atom. The number of benzene rings is 3. The van der Waals surface area contributed by atoms with E-state index in [2.05, 4.69) is 27.4 Å². The summed E-state index contributed by atoms with van der Waals surface area (Å²) < 4.78 is 12.5. The van der Waals surface area contributed by atoms with Gasteiger partial charge < -0.3 is 9.47 Å². The van der Waals surface area contributed by atoms with Gasteiger partial charge >= 0.3 is 0 Å². The minimum Gasteiger partial charge on any atom is -0.493 e. The van der Waals surface area contributed by atoms with Gasteiger partial charge in [0.1, 0.15) is 6.61 Å². The molecule has 1 aliphatic rings. The summed E-state index contributed by atoms with van der Waals surface area (Å²) in [6, 6.07) is 18.9. The third kappa shape index (κ3) is 5.80. The zero-order valence-electron chi connectivity index (χ0n) is 19.8. The lowest BCUT2D eigenvalue weighted by Crippen LogP contribution is -2.45. The number of carbonyl (C=O) groups is 2. The number of methoxy groups -OCH3 is 1. The van der Waals surface area contributed by atoms with Gasteiger partial charge in [-0.2, -0.15) is 5.01 Å². The molecule has 0 spiro atoms. The van der Waals surface area contributed by atoms with Gasteiger partial charge in [-0.25, -0.2) is 0 Å². The first kappa shape index (κ1) is 25.9. The van der Waals surface area contributed by atoms with Gasteiger partial charge in [-0.3, -0.25) is 15.0 Å². The van der Waals surface area contributed by atoms with E-state index >= 15 is 0 Å². The van der Waals surface area contributed by atoms with Crippen molar-refractivity contribution in [2.45, 2.75) is 20.5 Å². The molecule has 0 radical (unpaired) electrons. The number of aryl methyl sites for hydroxylation is 2. The fourth-order valence-electron chi connectivity index (χ4n) is 3.63. The molecule has 9 heteroatoms. The van der Waals surface area contributed by atoms with Crippen molar-refractivity contribution < 1.29 is 19.1 Å². The molecule has 1 aliphatic heterocycles. The minimum absolute atomic E-state index is 0.248. The first-order valence-corrected chi connectivity index (χ1v) is 13.0. The zero-order valence-corrected chi connectivity index (χ0v) is 23.1. The lowest BCUT2D eigenvalue weighted by Gasteiger charge is -2.16. The van der Waals surface area contributed by atoms with Gasteiger partial charge in [0.15, 0.2) is 15.8 Å². The summed E-state index contributed by atoms with van der Waals surface area (Å²) >= 11 is 10.0. The fourth-order valence-corrected chi connectivity index (χ4v) is 5.38. The smallest absolute Gasteiger partial charge is 0.285 e. The second kappa shape index (κ2) is 11.3. The number of hydrazine groups is 1. The molecule has 3 aromatic carbocycles. The maximum absolute atomic E-state index is 13.0. The van der Waals surface area contributed by atoms with Crippen molar-refractivity contribution in [1.82, 2.24) is 10.4 Å². The Morgan fingerprint density at radius 1 is 1.14 bits per heavy atom. The van der Waals surface area contributed by atoms with Crippen LogP contribution in [-0.2, 0) is 11.4 Å². The first-order chi connectivity index (χ1) is 17.3. The largest absolute Gasteiger partial charge is 0.493 e. The van der Waals surface area contributed by atoms with E-state index in [1.165, 1.54) is 0 Å². The van der Waals surface area contributed by atoms with E-state index in [9.17, 15) is 9.59 Å².